The number of carbonyl (C=O) groups is 1. The first-order valence-electron chi connectivity index (χ1n) is 9.85. The van der Waals surface area contributed by atoms with Crippen LogP contribution < -0.4 is 10.1 Å². The average molecular weight is 428 g/mol. The quantitative estimate of drug-likeness (QED) is 0.576. The van der Waals surface area contributed by atoms with Crippen molar-refractivity contribution in [3.05, 3.63) is 65.1 Å². The van der Waals surface area contributed by atoms with Gasteiger partial charge in [-0.3, -0.25) is 9.69 Å². The molecule has 5 nitrogen and oxygen atoms in total. The predicted octanol–water partition coefficient (Wildman–Crippen LogP) is 5.09. The second-order valence-electron chi connectivity index (χ2n) is 7.32. The van der Waals surface area contributed by atoms with E-state index < -0.39 is 5.82 Å². The smallest absolute Gasteiger partial charge is 0.225 e. The number of anilines is 1. The Labute approximate surface area is 179 Å². The van der Waals surface area contributed by atoms with Crippen LogP contribution >= 0.6 is 11.6 Å². The first kappa shape index (κ1) is 20.4. The fourth-order valence-electron chi connectivity index (χ4n) is 3.71. The lowest BCUT2D eigenvalue weighted by Crippen LogP contribution is -2.31. The van der Waals surface area contributed by atoms with E-state index in [0.29, 0.717) is 18.0 Å². The van der Waals surface area contributed by atoms with Crippen LogP contribution in [0.1, 0.15) is 18.4 Å². The minimum absolute atomic E-state index is 0.153. The van der Waals surface area contributed by atoms with Crippen molar-refractivity contribution in [2.24, 2.45) is 0 Å². The molecule has 0 aliphatic carbocycles. The van der Waals surface area contributed by atoms with Gasteiger partial charge in [0.25, 0.3) is 0 Å². The van der Waals surface area contributed by atoms with Crippen LogP contribution in [-0.4, -0.2) is 42.5 Å². The molecule has 1 aliphatic heterocycles. The third-order valence-electron chi connectivity index (χ3n) is 5.39. The summed E-state index contributed by atoms with van der Waals surface area (Å²) in [6, 6.07) is 10.2. The van der Waals surface area contributed by atoms with E-state index in [1.165, 1.54) is 23.3 Å². The van der Waals surface area contributed by atoms with Gasteiger partial charge in [-0.05, 0) is 48.4 Å². The third-order valence-corrected chi connectivity index (χ3v) is 5.62. The van der Waals surface area contributed by atoms with Crippen molar-refractivity contribution >= 4 is 39.7 Å². The van der Waals surface area contributed by atoms with E-state index in [0.717, 1.165) is 36.2 Å². The summed E-state index contributed by atoms with van der Waals surface area (Å²) in [6.45, 7) is 2.26. The van der Waals surface area contributed by atoms with Crippen LogP contribution in [0.5, 0.6) is 5.75 Å². The highest BCUT2D eigenvalue weighted by Crippen LogP contribution is 2.31. The van der Waals surface area contributed by atoms with Crippen molar-refractivity contribution in [1.29, 1.82) is 0 Å². The zero-order chi connectivity index (χ0) is 21.1. The van der Waals surface area contributed by atoms with Gasteiger partial charge in [-0.2, -0.15) is 0 Å². The minimum Gasteiger partial charge on any atom is -0.497 e. The van der Waals surface area contributed by atoms with Gasteiger partial charge in [-0.1, -0.05) is 17.7 Å². The fraction of sp³-hybridized carbons (Fsp3) is 0.261. The maximum Gasteiger partial charge on any atom is 0.225 e. The molecule has 1 aromatic heterocycles. The second-order valence-corrected chi connectivity index (χ2v) is 7.75. The second kappa shape index (κ2) is 8.90. The molecule has 156 valence electrons. The molecular weight excluding hydrogens is 405 g/mol. The molecule has 30 heavy (non-hydrogen) atoms. The Hall–Kier alpha value is -2.83. The van der Waals surface area contributed by atoms with Gasteiger partial charge in [0.05, 0.1) is 12.8 Å². The van der Waals surface area contributed by atoms with E-state index in [1.54, 1.807) is 13.2 Å². The Balaban J connectivity index is 1.34. The molecule has 0 fully saturated rings. The Morgan fingerprint density at radius 1 is 1.30 bits per heavy atom. The van der Waals surface area contributed by atoms with Crippen molar-refractivity contribution in [3.8, 4) is 5.75 Å². The number of aromatic nitrogens is 1. The van der Waals surface area contributed by atoms with Crippen LogP contribution in [0.2, 0.25) is 5.02 Å². The highest BCUT2D eigenvalue weighted by molar-refractivity contribution is 6.30. The minimum atomic E-state index is -0.531. The van der Waals surface area contributed by atoms with Gasteiger partial charge in [0.15, 0.2) is 0 Å². The highest BCUT2D eigenvalue weighted by atomic mass is 35.5. The number of carbonyl (C=O) groups excluding carboxylic acids is 1. The normalized spacial score (nSPS) is 14.6. The van der Waals surface area contributed by atoms with Crippen molar-refractivity contribution in [2.75, 3.05) is 32.1 Å². The molecule has 1 amide bonds. The molecule has 0 saturated heterocycles. The number of methoxy groups -OCH3 is 1. The molecular formula is C23H23ClFN3O2. The van der Waals surface area contributed by atoms with Crippen LogP contribution in [-0.2, 0) is 4.79 Å². The Morgan fingerprint density at radius 2 is 2.17 bits per heavy atom. The van der Waals surface area contributed by atoms with Crippen LogP contribution in [0.4, 0.5) is 10.1 Å². The summed E-state index contributed by atoms with van der Waals surface area (Å²) in [7, 11) is 1.67. The number of hydrogen-bond donors (Lipinski definition) is 2. The van der Waals surface area contributed by atoms with Crippen molar-refractivity contribution in [1.82, 2.24) is 9.88 Å². The largest absolute Gasteiger partial charge is 0.497 e. The van der Waals surface area contributed by atoms with Gasteiger partial charge < -0.3 is 15.0 Å². The summed E-state index contributed by atoms with van der Waals surface area (Å²) >= 11 is 5.74. The first-order chi connectivity index (χ1) is 14.5. The number of rotatable bonds is 6. The van der Waals surface area contributed by atoms with E-state index in [1.807, 2.05) is 18.3 Å². The van der Waals surface area contributed by atoms with E-state index in [9.17, 15) is 9.18 Å². The molecule has 0 saturated carbocycles. The molecule has 0 radical (unpaired) electrons. The molecule has 7 heteroatoms. The molecule has 3 aromatic rings. The van der Waals surface area contributed by atoms with E-state index in [-0.39, 0.29) is 11.6 Å². The van der Waals surface area contributed by atoms with Crippen LogP contribution in [0.3, 0.4) is 0 Å². The molecule has 2 heterocycles. The van der Waals surface area contributed by atoms with Gasteiger partial charge in [0.1, 0.15) is 11.6 Å². The maximum atomic E-state index is 13.8. The summed E-state index contributed by atoms with van der Waals surface area (Å²) in [5.41, 5.74) is 3.72. The van der Waals surface area contributed by atoms with E-state index in [4.69, 9.17) is 16.3 Å². The molecule has 4 rings (SSSR count). The summed E-state index contributed by atoms with van der Waals surface area (Å²) in [5.74, 6) is 0.0935. The average Bonchev–Trinajstić information content (AvgIpc) is 3.18. The maximum absolute atomic E-state index is 13.8. The number of nitrogens with one attached hydrogen (secondary N) is 2. The summed E-state index contributed by atoms with van der Waals surface area (Å²) in [4.78, 5) is 17.7. The topological polar surface area (TPSA) is 57.4 Å². The Bertz CT molecular complexity index is 1110. The van der Waals surface area contributed by atoms with Gasteiger partial charge in [0.2, 0.25) is 5.91 Å². The van der Waals surface area contributed by atoms with Crippen molar-refractivity contribution in [3.63, 3.8) is 0 Å². The molecule has 2 aromatic carbocycles. The lowest BCUT2D eigenvalue weighted by atomic mass is 9.98. The summed E-state index contributed by atoms with van der Waals surface area (Å²) < 4.78 is 19.2. The van der Waals surface area contributed by atoms with Crippen molar-refractivity contribution in [2.45, 2.75) is 12.8 Å². The Kier molecular flexibility index (Phi) is 6.06. The number of fused-ring (bicyclic) bond motifs is 1. The SMILES string of the molecule is COc1ccc2[nH]cc(C3=CCN(CCC(=O)Nc4ccc(Cl)cc4F)CC3)c2c1. The Morgan fingerprint density at radius 3 is 2.90 bits per heavy atom. The van der Waals surface area contributed by atoms with E-state index in [2.05, 4.69) is 27.3 Å². The molecule has 0 spiro atoms. The molecule has 0 bridgehead atoms. The monoisotopic (exact) mass is 427 g/mol. The number of amides is 1. The van der Waals surface area contributed by atoms with Crippen molar-refractivity contribution < 1.29 is 13.9 Å². The molecule has 0 unspecified atom stereocenters. The van der Waals surface area contributed by atoms with Crippen LogP contribution in [0.25, 0.3) is 16.5 Å². The van der Waals surface area contributed by atoms with E-state index >= 15 is 0 Å². The van der Waals surface area contributed by atoms with Gasteiger partial charge in [-0.25, -0.2) is 4.39 Å². The lowest BCUT2D eigenvalue weighted by molar-refractivity contribution is -0.116. The van der Waals surface area contributed by atoms with Gasteiger partial charge >= 0.3 is 0 Å². The zero-order valence-electron chi connectivity index (χ0n) is 16.7. The number of ether oxygens (including phenoxy) is 1. The predicted molar refractivity (Wildman–Crippen MR) is 119 cm³/mol. The van der Waals surface area contributed by atoms with Gasteiger partial charge in [-0.15, -0.1) is 0 Å². The first-order valence-corrected chi connectivity index (χ1v) is 10.2. The standard InChI is InChI=1S/C23H23ClFN3O2/c1-30-17-3-5-21-18(13-17)19(14-26-21)15-6-9-28(10-7-15)11-8-23(29)27-22-4-2-16(24)12-20(22)25/h2-6,12-14,26H,7-11H2,1H3,(H,27,29). The zero-order valence-corrected chi connectivity index (χ0v) is 17.4. The molecule has 2 N–H and O–H groups in total. The lowest BCUT2D eigenvalue weighted by Gasteiger charge is -2.26. The highest BCUT2D eigenvalue weighted by Gasteiger charge is 2.17. The molecule has 1 aliphatic rings. The van der Waals surface area contributed by atoms with Gasteiger partial charge in [0, 0.05) is 53.7 Å². The number of nitrogens with zero attached hydrogens (tertiary/aromatic N) is 1. The number of aromatic amines is 1. The summed E-state index contributed by atoms with van der Waals surface area (Å²) in [5, 5.41) is 4.06. The fourth-order valence-corrected chi connectivity index (χ4v) is 3.87. The number of H-pyrrole nitrogens is 1. The molecule has 0 atom stereocenters. The number of benzene rings is 2. The van der Waals surface area contributed by atoms with Crippen LogP contribution in [0.15, 0.2) is 48.7 Å². The number of hydrogen-bond acceptors (Lipinski definition) is 3. The summed E-state index contributed by atoms with van der Waals surface area (Å²) in [6.07, 6.45) is 5.45. The number of halogens is 2. The third kappa shape index (κ3) is 4.50. The van der Waals surface area contributed by atoms with Crippen LogP contribution in [0, 0.1) is 5.82 Å².